The van der Waals surface area contributed by atoms with Crippen molar-refractivity contribution < 1.29 is 14.3 Å². The van der Waals surface area contributed by atoms with Crippen molar-refractivity contribution in [3.05, 3.63) is 88.4 Å². The standard InChI is InChI=1S/C21H17BrClN5O3/c22-15-5-7-17(8-6-15)30-13-27-12-16(11-25-27)26-21(29)19-9-10-24-28(19)14-31-20-4-2-1-3-18(20)23/h1-12H,13-14H2,(H,26,29). The number of aromatic nitrogens is 4. The van der Waals surface area contributed by atoms with Crippen LogP contribution in [0.5, 0.6) is 11.5 Å². The monoisotopic (exact) mass is 501 g/mol. The molecule has 0 spiro atoms. The third-order valence-corrected chi connectivity index (χ3v) is 5.04. The highest BCUT2D eigenvalue weighted by molar-refractivity contribution is 9.10. The number of carbonyl (C=O) groups is 1. The van der Waals surface area contributed by atoms with E-state index in [9.17, 15) is 4.79 Å². The molecule has 8 nitrogen and oxygen atoms in total. The van der Waals surface area contributed by atoms with Crippen LogP contribution in [-0.2, 0) is 13.5 Å². The number of hydrogen-bond donors (Lipinski definition) is 1. The molecule has 0 fully saturated rings. The van der Waals surface area contributed by atoms with Gasteiger partial charge in [0.05, 0.1) is 23.1 Å². The minimum Gasteiger partial charge on any atom is -0.471 e. The fourth-order valence-corrected chi connectivity index (χ4v) is 3.14. The summed E-state index contributed by atoms with van der Waals surface area (Å²) in [4.78, 5) is 12.7. The lowest BCUT2D eigenvalue weighted by Gasteiger charge is -2.10. The third kappa shape index (κ3) is 5.44. The number of carbonyl (C=O) groups excluding carboxylic acids is 1. The van der Waals surface area contributed by atoms with E-state index in [1.54, 1.807) is 35.3 Å². The van der Waals surface area contributed by atoms with Crippen molar-refractivity contribution in [2.45, 2.75) is 13.5 Å². The van der Waals surface area contributed by atoms with E-state index < -0.39 is 0 Å². The zero-order valence-electron chi connectivity index (χ0n) is 16.1. The number of anilines is 1. The first-order valence-electron chi connectivity index (χ1n) is 9.20. The first kappa shape index (κ1) is 21.0. The van der Waals surface area contributed by atoms with Gasteiger partial charge in [-0.1, -0.05) is 39.7 Å². The molecule has 2 aromatic carbocycles. The molecule has 0 aliphatic heterocycles. The van der Waals surface area contributed by atoms with Crippen molar-refractivity contribution >= 4 is 39.1 Å². The van der Waals surface area contributed by atoms with Gasteiger partial charge in [-0.25, -0.2) is 9.36 Å². The highest BCUT2D eigenvalue weighted by Crippen LogP contribution is 2.23. The second-order valence-corrected chi connectivity index (χ2v) is 7.69. The van der Waals surface area contributed by atoms with Crippen LogP contribution in [0.2, 0.25) is 5.02 Å². The molecule has 158 valence electrons. The molecule has 2 heterocycles. The van der Waals surface area contributed by atoms with Gasteiger partial charge in [0, 0.05) is 10.7 Å². The van der Waals surface area contributed by atoms with E-state index in [4.69, 9.17) is 21.1 Å². The summed E-state index contributed by atoms with van der Waals surface area (Å²) in [5.41, 5.74) is 0.870. The van der Waals surface area contributed by atoms with Gasteiger partial charge in [0.25, 0.3) is 5.91 Å². The normalized spacial score (nSPS) is 10.6. The molecule has 1 amide bonds. The van der Waals surface area contributed by atoms with Crippen molar-refractivity contribution in [3.8, 4) is 11.5 Å². The third-order valence-electron chi connectivity index (χ3n) is 4.20. The van der Waals surface area contributed by atoms with Gasteiger partial charge >= 0.3 is 0 Å². The molecule has 0 saturated heterocycles. The van der Waals surface area contributed by atoms with Gasteiger partial charge in [-0.05, 0) is 42.5 Å². The highest BCUT2D eigenvalue weighted by atomic mass is 79.9. The van der Waals surface area contributed by atoms with E-state index in [1.165, 1.54) is 10.9 Å². The Bertz CT molecular complexity index is 1180. The Labute approximate surface area is 191 Å². The maximum Gasteiger partial charge on any atom is 0.274 e. The van der Waals surface area contributed by atoms with E-state index in [0.29, 0.717) is 27.9 Å². The number of rotatable bonds is 8. The maximum absolute atomic E-state index is 12.7. The lowest BCUT2D eigenvalue weighted by Crippen LogP contribution is -2.19. The number of hydrogen-bond acceptors (Lipinski definition) is 5. The van der Waals surface area contributed by atoms with E-state index >= 15 is 0 Å². The lowest BCUT2D eigenvalue weighted by molar-refractivity contribution is 0.100. The number of amides is 1. The van der Waals surface area contributed by atoms with Gasteiger partial charge in [0.15, 0.2) is 13.5 Å². The highest BCUT2D eigenvalue weighted by Gasteiger charge is 2.14. The van der Waals surface area contributed by atoms with Crippen LogP contribution in [0.3, 0.4) is 0 Å². The summed E-state index contributed by atoms with van der Waals surface area (Å²) in [6, 6.07) is 16.2. The molecule has 31 heavy (non-hydrogen) atoms. The Morgan fingerprint density at radius 1 is 1.03 bits per heavy atom. The van der Waals surface area contributed by atoms with E-state index in [0.717, 1.165) is 4.47 Å². The average Bonchev–Trinajstić information content (AvgIpc) is 3.42. The summed E-state index contributed by atoms with van der Waals surface area (Å²) >= 11 is 9.47. The van der Waals surface area contributed by atoms with E-state index in [-0.39, 0.29) is 19.4 Å². The van der Waals surface area contributed by atoms with Crippen molar-refractivity contribution in [2.24, 2.45) is 0 Å². The molecule has 0 aliphatic rings. The van der Waals surface area contributed by atoms with Crippen LogP contribution in [0.25, 0.3) is 0 Å². The van der Waals surface area contributed by atoms with E-state index in [1.807, 2.05) is 36.4 Å². The maximum atomic E-state index is 12.7. The van der Waals surface area contributed by atoms with E-state index in [2.05, 4.69) is 31.4 Å². The second-order valence-electron chi connectivity index (χ2n) is 6.37. The fraction of sp³-hybridized carbons (Fsp3) is 0.0952. The molecule has 0 atom stereocenters. The molecule has 2 aromatic heterocycles. The van der Waals surface area contributed by atoms with Gasteiger partial charge in [0.2, 0.25) is 0 Å². The minimum absolute atomic E-state index is 0.0414. The fourth-order valence-electron chi connectivity index (χ4n) is 2.69. The van der Waals surface area contributed by atoms with Gasteiger partial charge in [-0.15, -0.1) is 0 Å². The Hall–Kier alpha value is -3.30. The molecule has 4 aromatic rings. The summed E-state index contributed by atoms with van der Waals surface area (Å²) < 4.78 is 15.3. The quantitative estimate of drug-likeness (QED) is 0.373. The molecule has 4 rings (SSSR count). The van der Waals surface area contributed by atoms with Crippen molar-refractivity contribution in [1.82, 2.24) is 19.6 Å². The number of halogens is 2. The van der Waals surface area contributed by atoms with Crippen molar-refractivity contribution in [3.63, 3.8) is 0 Å². The zero-order valence-corrected chi connectivity index (χ0v) is 18.5. The van der Waals surface area contributed by atoms with Crippen LogP contribution in [0.15, 0.2) is 77.7 Å². The summed E-state index contributed by atoms with van der Waals surface area (Å²) in [6.07, 6.45) is 4.75. The number of para-hydroxylation sites is 1. The molecule has 0 unspecified atom stereocenters. The number of nitrogens with one attached hydrogen (secondary N) is 1. The molecular weight excluding hydrogens is 486 g/mol. The van der Waals surface area contributed by atoms with Crippen LogP contribution in [0.4, 0.5) is 5.69 Å². The smallest absolute Gasteiger partial charge is 0.274 e. The SMILES string of the molecule is O=C(Nc1cnn(COc2ccc(Br)cc2)c1)c1ccnn1COc1ccccc1Cl. The molecule has 0 radical (unpaired) electrons. The number of nitrogens with zero attached hydrogens (tertiary/aromatic N) is 4. The van der Waals surface area contributed by atoms with Crippen LogP contribution in [0, 0.1) is 0 Å². The summed E-state index contributed by atoms with van der Waals surface area (Å²) in [5, 5.41) is 11.6. The van der Waals surface area contributed by atoms with Gasteiger partial charge < -0.3 is 14.8 Å². The summed E-state index contributed by atoms with van der Waals surface area (Å²) in [5.74, 6) is 0.887. The second kappa shape index (κ2) is 9.67. The number of benzene rings is 2. The Morgan fingerprint density at radius 2 is 1.84 bits per heavy atom. The van der Waals surface area contributed by atoms with Crippen LogP contribution in [0.1, 0.15) is 10.5 Å². The Balaban J connectivity index is 1.34. The predicted molar refractivity (Wildman–Crippen MR) is 119 cm³/mol. The Morgan fingerprint density at radius 3 is 2.65 bits per heavy atom. The van der Waals surface area contributed by atoms with Crippen LogP contribution >= 0.6 is 27.5 Å². The molecule has 10 heteroatoms. The predicted octanol–water partition coefficient (Wildman–Crippen LogP) is 4.82. The first-order valence-corrected chi connectivity index (χ1v) is 10.4. The largest absolute Gasteiger partial charge is 0.471 e. The lowest BCUT2D eigenvalue weighted by atomic mass is 10.3. The van der Waals surface area contributed by atoms with Crippen LogP contribution < -0.4 is 14.8 Å². The molecule has 0 saturated carbocycles. The van der Waals surface area contributed by atoms with Crippen molar-refractivity contribution in [1.29, 1.82) is 0 Å². The number of ether oxygens (including phenoxy) is 2. The topological polar surface area (TPSA) is 83.2 Å². The molecule has 0 bridgehead atoms. The first-order chi connectivity index (χ1) is 15.1. The Kier molecular flexibility index (Phi) is 6.54. The molecular formula is C21H17BrClN5O3. The van der Waals surface area contributed by atoms with Crippen LogP contribution in [-0.4, -0.2) is 25.5 Å². The average molecular weight is 503 g/mol. The molecule has 0 aliphatic carbocycles. The minimum atomic E-state index is -0.339. The summed E-state index contributed by atoms with van der Waals surface area (Å²) in [6.45, 7) is 0.251. The summed E-state index contributed by atoms with van der Waals surface area (Å²) in [7, 11) is 0. The molecule has 1 N–H and O–H groups in total. The van der Waals surface area contributed by atoms with Gasteiger partial charge in [-0.2, -0.15) is 10.2 Å². The van der Waals surface area contributed by atoms with Crippen molar-refractivity contribution in [2.75, 3.05) is 5.32 Å². The van der Waals surface area contributed by atoms with Gasteiger partial charge in [-0.3, -0.25) is 4.79 Å². The van der Waals surface area contributed by atoms with Gasteiger partial charge in [0.1, 0.15) is 17.2 Å². The zero-order chi connectivity index (χ0) is 21.6.